The molecule has 1 N–H and O–H groups in total. The van der Waals surface area contributed by atoms with Crippen LogP contribution in [0.15, 0.2) is 42.5 Å². The second-order valence-electron chi connectivity index (χ2n) is 4.17. The number of anilines is 1. The molecule has 5 heteroatoms. The van der Waals surface area contributed by atoms with Gasteiger partial charge in [-0.05, 0) is 24.1 Å². The van der Waals surface area contributed by atoms with Gasteiger partial charge in [-0.1, -0.05) is 36.7 Å². The van der Waals surface area contributed by atoms with Gasteiger partial charge in [0.2, 0.25) is 0 Å². The number of aromatic nitrogens is 1. The maximum atomic E-state index is 12.2. The van der Waals surface area contributed by atoms with Gasteiger partial charge in [0.25, 0.3) is 5.91 Å². The predicted octanol–water partition coefficient (Wildman–Crippen LogP) is 5.13. The van der Waals surface area contributed by atoms with Crippen molar-refractivity contribution in [2.24, 2.45) is 0 Å². The molecule has 0 unspecified atom stereocenters. The van der Waals surface area contributed by atoms with Gasteiger partial charge in [-0.25, -0.2) is 4.98 Å². The van der Waals surface area contributed by atoms with E-state index in [4.69, 9.17) is 0 Å². The standard InChI is InChI=1S/C15H11N2OS.C2H6.CH3.U/c1-10-6-2-3-7-11(10)14(18)17-15-16-12-8-4-5-9-13(12)19-15;1-2;;/h2-7,9H,1H3,(H,16,17,18);1-2H3;1H3;/q-1;;-1;+2. The molecule has 0 atom stereocenters. The van der Waals surface area contributed by atoms with Crippen LogP contribution in [0.25, 0.3) is 10.2 Å². The van der Waals surface area contributed by atoms with Crippen molar-refractivity contribution in [3.05, 3.63) is 67.1 Å². The van der Waals surface area contributed by atoms with Crippen molar-refractivity contribution in [3.8, 4) is 0 Å². The van der Waals surface area contributed by atoms with Gasteiger partial charge < -0.3 is 7.43 Å². The maximum Gasteiger partial charge on any atom is 2.00 e. The molecule has 0 fully saturated rings. The van der Waals surface area contributed by atoms with Crippen molar-refractivity contribution >= 4 is 32.6 Å². The van der Waals surface area contributed by atoms with E-state index in [0.29, 0.717) is 10.7 Å². The molecule has 1 heterocycles. The summed E-state index contributed by atoms with van der Waals surface area (Å²) in [5.41, 5.74) is 2.41. The van der Waals surface area contributed by atoms with Crippen molar-refractivity contribution in [1.29, 1.82) is 0 Å². The number of nitrogens with one attached hydrogen (secondary N) is 1. The number of hydrogen-bond donors (Lipinski definition) is 1. The van der Waals surface area contributed by atoms with Gasteiger partial charge in [-0.3, -0.25) is 10.1 Å². The summed E-state index contributed by atoms with van der Waals surface area (Å²) < 4.78 is 1.02. The Morgan fingerprint density at radius 1 is 1.17 bits per heavy atom. The van der Waals surface area contributed by atoms with E-state index < -0.39 is 0 Å². The number of hydrogen-bond acceptors (Lipinski definition) is 3. The Bertz CT molecular complexity index is 722. The normalized spacial score (nSPS) is 9.00. The summed E-state index contributed by atoms with van der Waals surface area (Å²) in [5, 5.41) is 3.44. The van der Waals surface area contributed by atoms with Crippen LogP contribution in [-0.2, 0) is 0 Å². The number of rotatable bonds is 2. The summed E-state index contributed by atoms with van der Waals surface area (Å²) in [6.07, 6.45) is 0. The molecule has 0 aliphatic rings. The first-order valence-corrected chi connectivity index (χ1v) is 7.70. The minimum Gasteiger partial charge on any atom is -0.358 e. The van der Waals surface area contributed by atoms with Gasteiger partial charge in [0.1, 0.15) is 0 Å². The van der Waals surface area contributed by atoms with E-state index in [1.54, 1.807) is 0 Å². The monoisotopic (exact) mass is 550 g/mol. The first kappa shape index (κ1) is 21.9. The number of nitrogens with zero attached hydrogens (tertiary/aromatic N) is 1. The van der Waals surface area contributed by atoms with E-state index in [9.17, 15) is 4.79 Å². The minimum atomic E-state index is -0.128. The number of fused-ring (bicyclic) bond motifs is 1. The number of amides is 1. The molecule has 2 aromatic carbocycles. The first-order valence-electron chi connectivity index (χ1n) is 6.88. The first-order chi connectivity index (χ1) is 10.2. The molecular formula is C18H20N2OSU. The van der Waals surface area contributed by atoms with Crippen LogP contribution in [0, 0.1) is 51.5 Å². The van der Waals surface area contributed by atoms with Crippen LogP contribution in [0.2, 0.25) is 0 Å². The third kappa shape index (κ3) is 5.46. The van der Waals surface area contributed by atoms with Crippen LogP contribution in [0.3, 0.4) is 0 Å². The largest absolute Gasteiger partial charge is 2.00 e. The number of carbonyl (C=O) groups excluding carboxylic acids is 1. The van der Waals surface area contributed by atoms with Crippen molar-refractivity contribution in [2.75, 3.05) is 5.32 Å². The Morgan fingerprint density at radius 2 is 1.87 bits per heavy atom. The van der Waals surface area contributed by atoms with Crippen LogP contribution in [0.4, 0.5) is 5.13 Å². The Balaban J connectivity index is 0.00000117. The number of benzene rings is 2. The minimum absolute atomic E-state index is 0. The molecule has 0 spiro atoms. The van der Waals surface area contributed by atoms with Gasteiger partial charge in [-0.15, -0.1) is 0 Å². The van der Waals surface area contributed by atoms with Gasteiger partial charge in [0, 0.05) is 5.56 Å². The molecule has 118 valence electrons. The fourth-order valence-electron chi connectivity index (χ4n) is 1.86. The summed E-state index contributed by atoms with van der Waals surface area (Å²) in [7, 11) is 0. The van der Waals surface area contributed by atoms with Crippen LogP contribution >= 0.6 is 11.3 Å². The van der Waals surface area contributed by atoms with E-state index in [2.05, 4.69) is 16.4 Å². The topological polar surface area (TPSA) is 42.0 Å². The molecule has 0 aliphatic carbocycles. The van der Waals surface area contributed by atoms with Crippen molar-refractivity contribution in [1.82, 2.24) is 4.98 Å². The van der Waals surface area contributed by atoms with Crippen LogP contribution in [-0.4, -0.2) is 10.9 Å². The molecule has 1 amide bonds. The second kappa shape index (κ2) is 10.6. The SMILES string of the molecule is CC.Cc1ccccc1C(=O)Nc1nc2[c-]cccc2s1.[CH3-].[U+2]. The zero-order valence-corrected chi connectivity index (χ0v) is 18.8. The van der Waals surface area contributed by atoms with E-state index >= 15 is 0 Å². The quantitative estimate of drug-likeness (QED) is 0.450. The molecule has 3 rings (SSSR count). The van der Waals surface area contributed by atoms with E-state index in [-0.39, 0.29) is 44.4 Å². The summed E-state index contributed by atoms with van der Waals surface area (Å²) >= 11 is 1.45. The third-order valence-corrected chi connectivity index (χ3v) is 3.76. The molecule has 0 bridgehead atoms. The molecule has 1 aromatic heterocycles. The molecule has 3 aromatic rings. The molecule has 0 radical (unpaired) electrons. The average Bonchev–Trinajstić information content (AvgIpc) is 2.91. The predicted molar refractivity (Wildman–Crippen MR) is 95.4 cm³/mol. The zero-order chi connectivity index (χ0) is 15.2. The number of aryl methyl sites for hydroxylation is 1. The Morgan fingerprint density at radius 3 is 2.52 bits per heavy atom. The van der Waals surface area contributed by atoms with Crippen molar-refractivity contribution in [3.63, 3.8) is 0 Å². The van der Waals surface area contributed by atoms with Crippen molar-refractivity contribution in [2.45, 2.75) is 20.8 Å². The van der Waals surface area contributed by atoms with Gasteiger partial charge in [0.05, 0.1) is 0 Å². The second-order valence-corrected chi connectivity index (χ2v) is 5.20. The maximum absolute atomic E-state index is 12.2. The summed E-state index contributed by atoms with van der Waals surface area (Å²) in [5.74, 6) is -0.128. The Hall–Kier alpha value is -1.15. The van der Waals surface area contributed by atoms with E-state index in [1.807, 2.05) is 63.2 Å². The van der Waals surface area contributed by atoms with Gasteiger partial charge >= 0.3 is 31.1 Å². The average molecular weight is 550 g/mol. The molecule has 0 saturated carbocycles. The van der Waals surface area contributed by atoms with Crippen LogP contribution in [0.5, 0.6) is 0 Å². The fraction of sp³-hybridized carbons (Fsp3) is 0.167. The Labute approximate surface area is 165 Å². The van der Waals surface area contributed by atoms with E-state index in [1.165, 1.54) is 11.3 Å². The number of carbonyl (C=O) groups is 1. The molecular weight excluding hydrogens is 530 g/mol. The van der Waals surface area contributed by atoms with Crippen molar-refractivity contribution < 1.29 is 35.9 Å². The zero-order valence-electron chi connectivity index (χ0n) is 13.8. The van der Waals surface area contributed by atoms with Crippen LogP contribution < -0.4 is 5.32 Å². The summed E-state index contributed by atoms with van der Waals surface area (Å²) in [4.78, 5) is 16.5. The van der Waals surface area contributed by atoms with Gasteiger partial charge in [0.15, 0.2) is 5.13 Å². The number of thiazole rings is 1. The van der Waals surface area contributed by atoms with Gasteiger partial charge in [-0.2, -0.15) is 35.6 Å². The molecule has 3 nitrogen and oxygen atoms in total. The number of para-hydroxylation sites is 1. The van der Waals surface area contributed by atoms with E-state index in [0.717, 1.165) is 15.8 Å². The molecule has 0 aliphatic heterocycles. The molecule has 0 saturated heterocycles. The molecule has 23 heavy (non-hydrogen) atoms. The fourth-order valence-corrected chi connectivity index (χ4v) is 2.69. The Kier molecular flexibility index (Phi) is 10.1. The summed E-state index contributed by atoms with van der Waals surface area (Å²) in [6.45, 7) is 5.92. The third-order valence-electron chi connectivity index (χ3n) is 2.83. The van der Waals surface area contributed by atoms with Crippen LogP contribution in [0.1, 0.15) is 29.8 Å². The summed E-state index contributed by atoms with van der Waals surface area (Å²) in [6, 6.07) is 16.2. The smallest absolute Gasteiger partial charge is 0.358 e.